The van der Waals surface area contributed by atoms with Crippen molar-refractivity contribution in [2.75, 3.05) is 5.73 Å². The molecule has 0 aliphatic heterocycles. The summed E-state index contributed by atoms with van der Waals surface area (Å²) >= 11 is 3.10. The number of hydrogen-bond donors (Lipinski definition) is 1. The quantitative estimate of drug-likeness (QED) is 0.835. The third-order valence-corrected chi connectivity index (χ3v) is 2.61. The largest absolute Gasteiger partial charge is 0.396 e. The Bertz CT molecular complexity index is 538. The lowest BCUT2D eigenvalue weighted by atomic mass is 10.4. The molecule has 0 bridgehead atoms. The lowest BCUT2D eigenvalue weighted by Crippen LogP contribution is -2.23. The van der Waals surface area contributed by atoms with Crippen LogP contribution in [0, 0.1) is 0 Å². The Hall–Kier alpha value is -1.69. The topological polar surface area (TPSA) is 73.8 Å². The molecule has 76 valence electrons. The van der Waals surface area contributed by atoms with E-state index in [1.807, 2.05) is 0 Å². The Morgan fingerprint density at radius 3 is 2.87 bits per heavy atom. The first kappa shape index (κ1) is 9.85. The molecule has 0 amide bonds. The molecular weight excluding hydrogens is 260 g/mol. The van der Waals surface area contributed by atoms with E-state index in [0.717, 1.165) is 0 Å². The number of pyridine rings is 1. The number of halogens is 1. The predicted molar refractivity (Wildman–Crippen MR) is 59.7 cm³/mol. The maximum atomic E-state index is 11.7. The van der Waals surface area contributed by atoms with Gasteiger partial charge in [0.2, 0.25) is 0 Å². The first-order valence-corrected chi connectivity index (χ1v) is 4.94. The highest BCUT2D eigenvalue weighted by atomic mass is 79.9. The first-order valence-electron chi connectivity index (χ1n) is 4.15. The van der Waals surface area contributed by atoms with Gasteiger partial charge in [0, 0.05) is 6.20 Å². The molecule has 2 aromatic rings. The van der Waals surface area contributed by atoms with Crippen LogP contribution in [0.3, 0.4) is 0 Å². The van der Waals surface area contributed by atoms with Crippen molar-refractivity contribution in [3.05, 3.63) is 45.4 Å². The maximum absolute atomic E-state index is 11.7. The summed E-state index contributed by atoms with van der Waals surface area (Å²) in [5, 5.41) is 3.90. The Balaban J connectivity index is 2.66. The Kier molecular flexibility index (Phi) is 2.51. The number of rotatable bonds is 1. The van der Waals surface area contributed by atoms with Gasteiger partial charge in [-0.05, 0) is 28.1 Å². The van der Waals surface area contributed by atoms with E-state index in [4.69, 9.17) is 5.73 Å². The summed E-state index contributed by atoms with van der Waals surface area (Å²) in [5.41, 5.74) is 5.51. The fraction of sp³-hybridized carbons (Fsp3) is 0. The number of nitrogens with zero attached hydrogens (tertiary/aromatic N) is 3. The fourth-order valence-corrected chi connectivity index (χ4v) is 1.36. The lowest BCUT2D eigenvalue weighted by molar-refractivity contribution is 0.778. The molecule has 0 atom stereocenters. The molecule has 0 fully saturated rings. The van der Waals surface area contributed by atoms with Gasteiger partial charge in [0.15, 0.2) is 5.82 Å². The summed E-state index contributed by atoms with van der Waals surface area (Å²) in [7, 11) is 0. The standard InChI is InChI=1S/C9H7BrN4O/c10-8-6(11)5-13-14(9(8)15)7-3-1-2-4-12-7/h1-5H,11H2. The van der Waals surface area contributed by atoms with Gasteiger partial charge in [0.1, 0.15) is 4.47 Å². The fourth-order valence-electron chi connectivity index (χ4n) is 1.09. The number of anilines is 1. The average Bonchev–Trinajstić information content (AvgIpc) is 2.27. The van der Waals surface area contributed by atoms with E-state index >= 15 is 0 Å². The van der Waals surface area contributed by atoms with Crippen LogP contribution in [0.25, 0.3) is 5.82 Å². The second-order valence-corrected chi connectivity index (χ2v) is 3.61. The minimum atomic E-state index is -0.325. The van der Waals surface area contributed by atoms with Crippen LogP contribution in [0.15, 0.2) is 39.9 Å². The van der Waals surface area contributed by atoms with Crippen molar-refractivity contribution < 1.29 is 0 Å². The van der Waals surface area contributed by atoms with E-state index in [-0.39, 0.29) is 5.56 Å². The summed E-state index contributed by atoms with van der Waals surface area (Å²) in [6, 6.07) is 5.23. The summed E-state index contributed by atoms with van der Waals surface area (Å²) in [4.78, 5) is 15.7. The van der Waals surface area contributed by atoms with Crippen LogP contribution in [0.4, 0.5) is 5.69 Å². The van der Waals surface area contributed by atoms with E-state index in [2.05, 4.69) is 26.0 Å². The molecule has 0 aromatic carbocycles. The Morgan fingerprint density at radius 2 is 2.20 bits per heavy atom. The summed E-state index contributed by atoms with van der Waals surface area (Å²) in [6.45, 7) is 0. The Labute approximate surface area is 93.7 Å². The molecule has 0 spiro atoms. The minimum absolute atomic E-state index is 0.295. The van der Waals surface area contributed by atoms with E-state index in [0.29, 0.717) is 16.0 Å². The van der Waals surface area contributed by atoms with Crippen molar-refractivity contribution in [2.45, 2.75) is 0 Å². The van der Waals surface area contributed by atoms with Crippen LogP contribution in [0.5, 0.6) is 0 Å². The third kappa shape index (κ3) is 1.75. The third-order valence-electron chi connectivity index (χ3n) is 1.81. The van der Waals surface area contributed by atoms with Crippen molar-refractivity contribution in [3.63, 3.8) is 0 Å². The normalized spacial score (nSPS) is 10.2. The van der Waals surface area contributed by atoms with Crippen molar-refractivity contribution in [1.82, 2.24) is 14.8 Å². The molecule has 0 saturated heterocycles. The molecule has 0 aliphatic carbocycles. The highest BCUT2D eigenvalue weighted by Crippen LogP contribution is 2.12. The second-order valence-electron chi connectivity index (χ2n) is 2.82. The van der Waals surface area contributed by atoms with E-state index in [9.17, 15) is 4.79 Å². The second kappa shape index (κ2) is 3.82. The van der Waals surface area contributed by atoms with Crippen LogP contribution < -0.4 is 11.3 Å². The van der Waals surface area contributed by atoms with Gasteiger partial charge >= 0.3 is 0 Å². The number of nitrogens with two attached hydrogens (primary N) is 1. The number of aromatic nitrogens is 3. The maximum Gasteiger partial charge on any atom is 0.289 e. The SMILES string of the molecule is Nc1cnn(-c2ccccn2)c(=O)c1Br. The Morgan fingerprint density at radius 1 is 1.40 bits per heavy atom. The van der Waals surface area contributed by atoms with E-state index < -0.39 is 0 Å². The first-order chi connectivity index (χ1) is 7.20. The van der Waals surface area contributed by atoms with Gasteiger partial charge in [-0.1, -0.05) is 6.07 Å². The molecule has 0 saturated carbocycles. The van der Waals surface area contributed by atoms with Crippen LogP contribution in [0.1, 0.15) is 0 Å². The smallest absolute Gasteiger partial charge is 0.289 e. The molecule has 2 aromatic heterocycles. The molecule has 2 N–H and O–H groups in total. The molecular formula is C9H7BrN4O. The zero-order chi connectivity index (χ0) is 10.8. The summed E-state index contributed by atoms with van der Waals surface area (Å²) in [5.74, 6) is 0.461. The van der Waals surface area contributed by atoms with Gasteiger partial charge in [-0.15, -0.1) is 0 Å². The lowest BCUT2D eigenvalue weighted by Gasteiger charge is -2.04. The van der Waals surface area contributed by atoms with Gasteiger partial charge in [0.25, 0.3) is 5.56 Å². The molecule has 2 heterocycles. The van der Waals surface area contributed by atoms with Gasteiger partial charge in [0.05, 0.1) is 11.9 Å². The minimum Gasteiger partial charge on any atom is -0.396 e. The highest BCUT2D eigenvalue weighted by Gasteiger charge is 2.07. The molecule has 15 heavy (non-hydrogen) atoms. The molecule has 0 radical (unpaired) electrons. The average molecular weight is 267 g/mol. The van der Waals surface area contributed by atoms with Gasteiger partial charge in [-0.25, -0.2) is 4.98 Å². The van der Waals surface area contributed by atoms with Crippen LogP contribution >= 0.6 is 15.9 Å². The monoisotopic (exact) mass is 266 g/mol. The number of hydrogen-bond acceptors (Lipinski definition) is 4. The van der Waals surface area contributed by atoms with Crippen molar-refractivity contribution in [2.24, 2.45) is 0 Å². The van der Waals surface area contributed by atoms with Gasteiger partial charge in [-0.2, -0.15) is 9.78 Å². The van der Waals surface area contributed by atoms with Crippen molar-refractivity contribution in [3.8, 4) is 5.82 Å². The van der Waals surface area contributed by atoms with E-state index in [1.54, 1.807) is 24.4 Å². The molecule has 6 heteroatoms. The van der Waals surface area contributed by atoms with Crippen molar-refractivity contribution in [1.29, 1.82) is 0 Å². The zero-order valence-corrected chi connectivity index (χ0v) is 9.18. The van der Waals surface area contributed by atoms with Crippen molar-refractivity contribution >= 4 is 21.6 Å². The predicted octanol–water partition coefficient (Wildman–Crippen LogP) is 0.972. The van der Waals surface area contributed by atoms with Crippen LogP contribution in [-0.2, 0) is 0 Å². The molecule has 5 nitrogen and oxygen atoms in total. The van der Waals surface area contributed by atoms with Crippen LogP contribution in [0.2, 0.25) is 0 Å². The van der Waals surface area contributed by atoms with E-state index in [1.165, 1.54) is 10.9 Å². The summed E-state index contributed by atoms with van der Waals surface area (Å²) < 4.78 is 1.48. The zero-order valence-electron chi connectivity index (χ0n) is 7.59. The molecule has 2 rings (SSSR count). The molecule has 0 aliphatic rings. The number of nitrogen functional groups attached to an aromatic ring is 1. The molecule has 0 unspecified atom stereocenters. The summed E-state index contributed by atoms with van der Waals surface area (Å²) in [6.07, 6.45) is 2.99. The van der Waals surface area contributed by atoms with Gasteiger partial charge in [-0.3, -0.25) is 4.79 Å². The van der Waals surface area contributed by atoms with Crippen LogP contribution in [-0.4, -0.2) is 14.8 Å². The van der Waals surface area contributed by atoms with Gasteiger partial charge < -0.3 is 5.73 Å². The highest BCUT2D eigenvalue weighted by molar-refractivity contribution is 9.10.